The van der Waals surface area contributed by atoms with E-state index in [2.05, 4.69) is 6.92 Å². The minimum atomic E-state index is -0.932. The fourth-order valence-corrected chi connectivity index (χ4v) is 2.66. The third kappa shape index (κ3) is 17.4. The van der Waals surface area contributed by atoms with Gasteiger partial charge in [-0.25, -0.2) is 0 Å². The van der Waals surface area contributed by atoms with Crippen LogP contribution in [0.15, 0.2) is 0 Å². The van der Waals surface area contributed by atoms with Gasteiger partial charge in [-0.2, -0.15) is 0 Å². The molecule has 0 amide bonds. The summed E-state index contributed by atoms with van der Waals surface area (Å²) >= 11 is 0. The van der Waals surface area contributed by atoms with E-state index in [1.165, 1.54) is 51.4 Å². The molecule has 0 aromatic heterocycles. The highest BCUT2D eigenvalue weighted by Gasteiger charge is 2.03. The number of hydrogen-bond acceptors (Lipinski definition) is 3. The first-order chi connectivity index (χ1) is 10.2. The van der Waals surface area contributed by atoms with Gasteiger partial charge >= 0.3 is 0 Å². The van der Waals surface area contributed by atoms with Gasteiger partial charge in [0.2, 0.25) is 0 Å². The molecule has 3 heteroatoms. The number of aliphatic hydroxyl groups is 1. The van der Waals surface area contributed by atoms with Crippen molar-refractivity contribution in [2.45, 2.75) is 109 Å². The Morgan fingerprint density at radius 1 is 0.810 bits per heavy atom. The van der Waals surface area contributed by atoms with Crippen LogP contribution in [0.4, 0.5) is 0 Å². The molecule has 0 fully saturated rings. The molecule has 21 heavy (non-hydrogen) atoms. The Labute approximate surface area is 131 Å². The summed E-state index contributed by atoms with van der Waals surface area (Å²) in [6, 6.07) is 0. The van der Waals surface area contributed by atoms with Gasteiger partial charge in [-0.3, -0.25) is 0 Å². The van der Waals surface area contributed by atoms with Crippen molar-refractivity contribution >= 4 is 5.97 Å². The lowest BCUT2D eigenvalue weighted by atomic mass is 10.0. The fourth-order valence-electron chi connectivity index (χ4n) is 2.66. The molecule has 1 unspecified atom stereocenters. The average Bonchev–Trinajstić information content (AvgIpc) is 2.45. The summed E-state index contributed by atoms with van der Waals surface area (Å²) in [5.41, 5.74) is 0. The van der Waals surface area contributed by atoms with Crippen molar-refractivity contribution < 1.29 is 15.0 Å². The van der Waals surface area contributed by atoms with E-state index in [4.69, 9.17) is 0 Å². The first kappa shape index (κ1) is 20.4. The quantitative estimate of drug-likeness (QED) is 0.439. The topological polar surface area (TPSA) is 60.4 Å². The van der Waals surface area contributed by atoms with Gasteiger partial charge < -0.3 is 15.0 Å². The van der Waals surface area contributed by atoms with E-state index in [9.17, 15) is 15.0 Å². The summed E-state index contributed by atoms with van der Waals surface area (Å²) in [7, 11) is 0. The van der Waals surface area contributed by atoms with Gasteiger partial charge in [0.25, 0.3) is 0 Å². The summed E-state index contributed by atoms with van der Waals surface area (Å²) in [5.74, 6) is -0.932. The van der Waals surface area contributed by atoms with Crippen LogP contribution in [0.25, 0.3) is 0 Å². The van der Waals surface area contributed by atoms with Gasteiger partial charge in [0.1, 0.15) is 0 Å². The van der Waals surface area contributed by atoms with E-state index in [1.807, 2.05) is 0 Å². The van der Waals surface area contributed by atoms with Crippen molar-refractivity contribution in [1.82, 2.24) is 0 Å². The summed E-state index contributed by atoms with van der Waals surface area (Å²) in [6.45, 7) is 2.22. The lowest BCUT2D eigenvalue weighted by molar-refractivity contribution is -0.305. The molecule has 0 bridgehead atoms. The highest BCUT2D eigenvalue weighted by molar-refractivity contribution is 5.63. The minimum Gasteiger partial charge on any atom is -0.550 e. The monoisotopic (exact) mass is 299 g/mol. The molecule has 1 atom stereocenters. The van der Waals surface area contributed by atoms with Crippen LogP contribution in [-0.4, -0.2) is 17.2 Å². The molecule has 0 saturated carbocycles. The maximum absolute atomic E-state index is 10.2. The normalized spacial score (nSPS) is 12.5. The molecular weight excluding hydrogens is 264 g/mol. The minimum absolute atomic E-state index is 0.102. The van der Waals surface area contributed by atoms with Crippen molar-refractivity contribution in [3.8, 4) is 0 Å². The molecule has 126 valence electrons. The smallest absolute Gasteiger partial charge is 0.0540 e. The molecule has 0 aromatic carbocycles. The molecule has 0 aromatic rings. The molecule has 0 saturated heterocycles. The zero-order valence-corrected chi connectivity index (χ0v) is 13.9. The second-order valence-electron chi connectivity index (χ2n) is 6.24. The van der Waals surface area contributed by atoms with Crippen LogP contribution >= 0.6 is 0 Å². The Balaban J connectivity index is 3.14. The number of carboxylic acid groups (broad SMARTS) is 1. The van der Waals surface area contributed by atoms with Crippen molar-refractivity contribution in [2.24, 2.45) is 0 Å². The maximum Gasteiger partial charge on any atom is 0.0540 e. The molecule has 1 N–H and O–H groups in total. The van der Waals surface area contributed by atoms with Crippen LogP contribution in [0.1, 0.15) is 103 Å². The SMILES string of the molecule is CCCCCCCC(O)CCCCCCCCCC(=O)[O-]. The molecule has 0 radical (unpaired) electrons. The number of carbonyl (C=O) groups excluding carboxylic acids is 1. The average molecular weight is 299 g/mol. The first-order valence-corrected chi connectivity index (χ1v) is 9.04. The Kier molecular flexibility index (Phi) is 15.4. The number of carbonyl (C=O) groups is 1. The summed E-state index contributed by atoms with van der Waals surface area (Å²) in [6.07, 6.45) is 15.9. The third-order valence-corrected chi connectivity index (χ3v) is 4.06. The van der Waals surface area contributed by atoms with E-state index in [0.717, 1.165) is 38.5 Å². The molecule has 0 rings (SSSR count). The lowest BCUT2D eigenvalue weighted by Gasteiger charge is -2.10. The number of carboxylic acids is 1. The zero-order valence-electron chi connectivity index (χ0n) is 13.9. The summed E-state index contributed by atoms with van der Waals surface area (Å²) < 4.78 is 0. The van der Waals surface area contributed by atoms with Gasteiger partial charge in [0, 0.05) is 5.97 Å². The van der Waals surface area contributed by atoms with Crippen LogP contribution in [0, 0.1) is 0 Å². The van der Waals surface area contributed by atoms with Gasteiger partial charge in [0.05, 0.1) is 6.10 Å². The van der Waals surface area contributed by atoms with Crippen molar-refractivity contribution in [3.05, 3.63) is 0 Å². The lowest BCUT2D eigenvalue weighted by Crippen LogP contribution is -2.21. The van der Waals surface area contributed by atoms with Crippen molar-refractivity contribution in [3.63, 3.8) is 0 Å². The predicted molar refractivity (Wildman–Crippen MR) is 85.9 cm³/mol. The van der Waals surface area contributed by atoms with E-state index in [1.54, 1.807) is 0 Å². The summed E-state index contributed by atoms with van der Waals surface area (Å²) in [5, 5.41) is 20.1. The zero-order chi connectivity index (χ0) is 15.8. The Morgan fingerprint density at radius 2 is 1.24 bits per heavy atom. The van der Waals surface area contributed by atoms with E-state index in [0.29, 0.717) is 0 Å². The maximum atomic E-state index is 10.2. The summed E-state index contributed by atoms with van der Waals surface area (Å²) in [4.78, 5) is 10.2. The number of hydrogen-bond donors (Lipinski definition) is 1. The van der Waals surface area contributed by atoms with E-state index < -0.39 is 5.97 Å². The van der Waals surface area contributed by atoms with Gasteiger partial charge in [0.15, 0.2) is 0 Å². The van der Waals surface area contributed by atoms with Crippen molar-refractivity contribution in [1.29, 1.82) is 0 Å². The molecular formula is C18H35O3-. The standard InChI is InChI=1S/C18H36O3/c1-2-3-4-8-11-14-17(19)15-12-9-6-5-7-10-13-16-18(20)21/h17,19H,2-16H2,1H3,(H,20,21)/p-1. The Hall–Kier alpha value is -0.570. The predicted octanol–water partition coefficient (Wildman–Crippen LogP) is 3.97. The van der Waals surface area contributed by atoms with E-state index >= 15 is 0 Å². The van der Waals surface area contributed by atoms with Gasteiger partial charge in [-0.1, -0.05) is 77.6 Å². The third-order valence-electron chi connectivity index (χ3n) is 4.06. The highest BCUT2D eigenvalue weighted by atomic mass is 16.4. The Morgan fingerprint density at radius 3 is 1.71 bits per heavy atom. The highest BCUT2D eigenvalue weighted by Crippen LogP contribution is 2.14. The van der Waals surface area contributed by atoms with Gasteiger partial charge in [-0.05, 0) is 25.7 Å². The molecule has 0 heterocycles. The number of aliphatic carboxylic acids is 1. The number of aliphatic hydroxyl groups excluding tert-OH is 1. The molecule has 0 aliphatic carbocycles. The van der Waals surface area contributed by atoms with Crippen LogP contribution in [-0.2, 0) is 4.79 Å². The van der Waals surface area contributed by atoms with Crippen LogP contribution < -0.4 is 5.11 Å². The molecule has 3 nitrogen and oxygen atoms in total. The first-order valence-electron chi connectivity index (χ1n) is 9.04. The number of rotatable bonds is 16. The number of unbranched alkanes of at least 4 members (excludes halogenated alkanes) is 10. The van der Waals surface area contributed by atoms with Gasteiger partial charge in [-0.15, -0.1) is 0 Å². The largest absolute Gasteiger partial charge is 0.550 e. The van der Waals surface area contributed by atoms with Crippen LogP contribution in [0.5, 0.6) is 0 Å². The molecule has 0 spiro atoms. The van der Waals surface area contributed by atoms with Crippen LogP contribution in [0.2, 0.25) is 0 Å². The Bertz CT molecular complexity index is 229. The van der Waals surface area contributed by atoms with Crippen molar-refractivity contribution in [2.75, 3.05) is 0 Å². The van der Waals surface area contributed by atoms with Crippen LogP contribution in [0.3, 0.4) is 0 Å². The van der Waals surface area contributed by atoms with E-state index in [-0.39, 0.29) is 12.5 Å². The molecule has 0 aliphatic heterocycles. The second kappa shape index (κ2) is 15.8. The second-order valence-corrected chi connectivity index (χ2v) is 6.24. The molecule has 0 aliphatic rings. The fraction of sp³-hybridized carbons (Fsp3) is 0.944.